The van der Waals surface area contributed by atoms with Crippen LogP contribution in [0.4, 0.5) is 0 Å². The summed E-state index contributed by atoms with van der Waals surface area (Å²) in [4.78, 5) is 30.6. The zero-order valence-electron chi connectivity index (χ0n) is 18.5. The van der Waals surface area contributed by atoms with Crippen LogP contribution in [0.2, 0.25) is 0 Å². The summed E-state index contributed by atoms with van der Waals surface area (Å²) in [5.41, 5.74) is 0.600. The highest BCUT2D eigenvalue weighted by Crippen LogP contribution is 2.26. The van der Waals surface area contributed by atoms with E-state index in [-0.39, 0.29) is 17.9 Å². The maximum absolute atomic E-state index is 13.1. The van der Waals surface area contributed by atoms with Gasteiger partial charge in [-0.1, -0.05) is 12.1 Å². The molecule has 1 N–H and O–H groups in total. The normalized spacial score (nSPS) is 18.0. The molecule has 7 nitrogen and oxygen atoms in total. The maximum Gasteiger partial charge on any atom is 0.252 e. The number of carbonyl (C=O) groups excluding carboxylic acids is 2. The van der Waals surface area contributed by atoms with Gasteiger partial charge in [0.2, 0.25) is 5.91 Å². The third-order valence-electron chi connectivity index (χ3n) is 5.97. The van der Waals surface area contributed by atoms with Crippen LogP contribution in [0.25, 0.3) is 0 Å². The van der Waals surface area contributed by atoms with Crippen LogP contribution >= 0.6 is 11.8 Å². The second-order valence-corrected chi connectivity index (χ2v) is 9.21. The minimum atomic E-state index is -0.136. The number of thioether (sulfide) groups is 1. The zero-order valence-corrected chi connectivity index (χ0v) is 19.4. The highest BCUT2D eigenvalue weighted by molar-refractivity contribution is 8.00. The number of aryl methyl sites for hydroxylation is 1. The van der Waals surface area contributed by atoms with Crippen molar-refractivity contribution in [2.75, 3.05) is 51.7 Å². The van der Waals surface area contributed by atoms with Gasteiger partial charge in [0.1, 0.15) is 11.5 Å². The fraction of sp³-hybridized carbons (Fsp3) is 0.500. The predicted molar refractivity (Wildman–Crippen MR) is 124 cm³/mol. The molecule has 2 fully saturated rings. The zero-order chi connectivity index (χ0) is 22.3. The standard InChI is InChI=1S/C24H31N3O4S/c1-18-8-9-21(31-18)20(26-12-14-30-15-13-26)16-25-24(29)19-6-2-3-7-22(19)32-17-23(28)27-10-4-5-11-27/h2-3,6-9,20H,4-5,10-17H2,1H3,(H,25,29). The summed E-state index contributed by atoms with van der Waals surface area (Å²) in [6, 6.07) is 11.4. The first kappa shape index (κ1) is 22.9. The molecule has 0 aliphatic carbocycles. The molecule has 0 saturated carbocycles. The van der Waals surface area contributed by atoms with E-state index in [9.17, 15) is 9.59 Å². The van der Waals surface area contributed by atoms with Crippen LogP contribution in [0, 0.1) is 6.92 Å². The molecule has 2 aliphatic heterocycles. The number of amides is 2. The second kappa shape index (κ2) is 11.0. The topological polar surface area (TPSA) is 75.0 Å². The summed E-state index contributed by atoms with van der Waals surface area (Å²) in [7, 11) is 0. The molecule has 172 valence electrons. The molecule has 32 heavy (non-hydrogen) atoms. The second-order valence-electron chi connectivity index (χ2n) is 8.20. The van der Waals surface area contributed by atoms with E-state index in [2.05, 4.69) is 10.2 Å². The summed E-state index contributed by atoms with van der Waals surface area (Å²) in [5.74, 6) is 2.07. The molecule has 2 aliphatic rings. The van der Waals surface area contributed by atoms with E-state index in [0.29, 0.717) is 31.1 Å². The first-order chi connectivity index (χ1) is 15.6. The lowest BCUT2D eigenvalue weighted by Gasteiger charge is -2.33. The fourth-order valence-corrected chi connectivity index (χ4v) is 5.15. The molecule has 3 heterocycles. The van der Waals surface area contributed by atoms with Crippen molar-refractivity contribution >= 4 is 23.6 Å². The van der Waals surface area contributed by atoms with E-state index in [1.54, 1.807) is 0 Å². The van der Waals surface area contributed by atoms with Gasteiger partial charge in [-0.05, 0) is 44.0 Å². The van der Waals surface area contributed by atoms with Gasteiger partial charge < -0.3 is 19.4 Å². The molecule has 2 amide bonds. The molecular formula is C24H31N3O4S. The van der Waals surface area contributed by atoms with E-state index in [0.717, 1.165) is 55.4 Å². The summed E-state index contributed by atoms with van der Waals surface area (Å²) in [6.07, 6.45) is 2.16. The summed E-state index contributed by atoms with van der Waals surface area (Å²) >= 11 is 1.43. The Morgan fingerprint density at radius 3 is 2.53 bits per heavy atom. The van der Waals surface area contributed by atoms with E-state index >= 15 is 0 Å². The molecule has 1 atom stereocenters. The Balaban J connectivity index is 1.40. The number of hydrogen-bond donors (Lipinski definition) is 1. The number of hydrogen-bond acceptors (Lipinski definition) is 6. The Morgan fingerprint density at radius 2 is 1.81 bits per heavy atom. The van der Waals surface area contributed by atoms with Crippen molar-refractivity contribution in [2.24, 2.45) is 0 Å². The Kier molecular flexibility index (Phi) is 7.89. The number of nitrogens with one attached hydrogen (secondary N) is 1. The lowest BCUT2D eigenvalue weighted by Crippen LogP contribution is -2.43. The van der Waals surface area contributed by atoms with Gasteiger partial charge in [-0.2, -0.15) is 0 Å². The van der Waals surface area contributed by atoms with Crippen LogP contribution < -0.4 is 5.32 Å². The van der Waals surface area contributed by atoms with Gasteiger partial charge in [-0.15, -0.1) is 11.8 Å². The van der Waals surface area contributed by atoms with Gasteiger partial charge in [0, 0.05) is 37.6 Å². The smallest absolute Gasteiger partial charge is 0.252 e. The average Bonchev–Trinajstić information content (AvgIpc) is 3.51. The predicted octanol–water partition coefficient (Wildman–Crippen LogP) is 3.11. The monoisotopic (exact) mass is 457 g/mol. The van der Waals surface area contributed by atoms with Gasteiger partial charge in [0.25, 0.3) is 5.91 Å². The highest BCUT2D eigenvalue weighted by Gasteiger charge is 2.26. The van der Waals surface area contributed by atoms with Crippen LogP contribution in [0.15, 0.2) is 45.7 Å². The fourth-order valence-electron chi connectivity index (χ4n) is 4.19. The summed E-state index contributed by atoms with van der Waals surface area (Å²) in [5, 5.41) is 3.10. The van der Waals surface area contributed by atoms with Crippen LogP contribution in [0.3, 0.4) is 0 Å². The molecule has 2 saturated heterocycles. The number of carbonyl (C=O) groups is 2. The van der Waals surface area contributed by atoms with E-state index < -0.39 is 0 Å². The van der Waals surface area contributed by atoms with Gasteiger partial charge in [-0.3, -0.25) is 14.5 Å². The minimum absolute atomic E-state index is 0.0480. The van der Waals surface area contributed by atoms with Gasteiger partial charge in [-0.25, -0.2) is 0 Å². The molecule has 0 spiro atoms. The van der Waals surface area contributed by atoms with Crippen LogP contribution in [-0.4, -0.2) is 73.3 Å². The van der Waals surface area contributed by atoms with Crippen LogP contribution in [-0.2, 0) is 9.53 Å². The molecule has 1 aromatic heterocycles. The molecule has 0 bridgehead atoms. The van der Waals surface area contributed by atoms with Crippen molar-refractivity contribution < 1.29 is 18.7 Å². The number of ether oxygens (including phenoxy) is 1. The number of benzene rings is 1. The number of rotatable bonds is 8. The SMILES string of the molecule is Cc1ccc(C(CNC(=O)c2ccccc2SCC(=O)N2CCCC2)N2CCOCC2)o1. The van der Waals surface area contributed by atoms with Crippen molar-refractivity contribution in [1.82, 2.24) is 15.1 Å². The van der Waals surface area contributed by atoms with E-state index in [4.69, 9.17) is 9.15 Å². The lowest BCUT2D eigenvalue weighted by molar-refractivity contribution is -0.127. The highest BCUT2D eigenvalue weighted by atomic mass is 32.2. The minimum Gasteiger partial charge on any atom is -0.465 e. The number of morpholine rings is 1. The maximum atomic E-state index is 13.1. The summed E-state index contributed by atoms with van der Waals surface area (Å²) in [6.45, 7) is 7.00. The Morgan fingerprint density at radius 1 is 1.06 bits per heavy atom. The Labute approximate surface area is 193 Å². The van der Waals surface area contributed by atoms with Gasteiger partial charge >= 0.3 is 0 Å². The first-order valence-corrected chi connectivity index (χ1v) is 12.3. The molecule has 4 rings (SSSR count). The first-order valence-electron chi connectivity index (χ1n) is 11.3. The average molecular weight is 458 g/mol. The quantitative estimate of drug-likeness (QED) is 0.614. The van der Waals surface area contributed by atoms with Crippen molar-refractivity contribution in [2.45, 2.75) is 30.7 Å². The Hall–Kier alpha value is -2.29. The van der Waals surface area contributed by atoms with Crippen molar-refractivity contribution in [1.29, 1.82) is 0 Å². The molecule has 0 radical (unpaired) electrons. The Bertz CT molecular complexity index is 919. The van der Waals surface area contributed by atoms with Crippen LogP contribution in [0.1, 0.15) is 40.8 Å². The largest absolute Gasteiger partial charge is 0.465 e. The van der Waals surface area contributed by atoms with E-state index in [1.807, 2.05) is 48.2 Å². The molecule has 8 heteroatoms. The van der Waals surface area contributed by atoms with Crippen LogP contribution in [0.5, 0.6) is 0 Å². The van der Waals surface area contributed by atoms with E-state index in [1.165, 1.54) is 11.8 Å². The van der Waals surface area contributed by atoms with Crippen molar-refractivity contribution in [3.8, 4) is 0 Å². The van der Waals surface area contributed by atoms with Crippen molar-refractivity contribution in [3.63, 3.8) is 0 Å². The molecule has 1 unspecified atom stereocenters. The van der Waals surface area contributed by atoms with Gasteiger partial charge in [0.05, 0.1) is 30.6 Å². The summed E-state index contributed by atoms with van der Waals surface area (Å²) < 4.78 is 11.4. The molecule has 2 aromatic rings. The lowest BCUT2D eigenvalue weighted by atomic mass is 10.1. The third-order valence-corrected chi connectivity index (χ3v) is 7.03. The number of furan rings is 1. The number of nitrogens with zero attached hydrogens (tertiary/aromatic N) is 2. The molecule has 1 aromatic carbocycles. The molecular weight excluding hydrogens is 426 g/mol. The van der Waals surface area contributed by atoms with Gasteiger partial charge in [0.15, 0.2) is 0 Å². The van der Waals surface area contributed by atoms with Crippen molar-refractivity contribution in [3.05, 3.63) is 53.5 Å². The number of likely N-dealkylation sites (tertiary alicyclic amines) is 1. The third kappa shape index (κ3) is 5.74.